The maximum absolute atomic E-state index is 13.3. The molecule has 0 atom stereocenters. The normalized spacial score (nSPS) is 10.2. The van der Waals surface area contributed by atoms with Crippen LogP contribution in [0.5, 0.6) is 0 Å². The van der Waals surface area contributed by atoms with E-state index in [1.807, 2.05) is 19.1 Å². The van der Waals surface area contributed by atoms with E-state index in [1.165, 1.54) is 12.1 Å². The molecule has 2 aromatic carbocycles. The lowest BCUT2D eigenvalue weighted by molar-refractivity contribution is 0.629. The molecule has 0 amide bonds. The monoisotopic (exact) mass is 308 g/mol. The van der Waals surface area contributed by atoms with Gasteiger partial charge in [-0.25, -0.2) is 4.39 Å². The topological polar surface area (TPSA) is 35.8 Å². The van der Waals surface area contributed by atoms with E-state index in [1.54, 1.807) is 6.07 Å². The summed E-state index contributed by atoms with van der Waals surface area (Å²) in [5.74, 6) is -0.617. The summed E-state index contributed by atoms with van der Waals surface area (Å²) in [5.41, 5.74) is 3.32. The molecule has 2 nitrogen and oxygen atoms in total. The van der Waals surface area contributed by atoms with Crippen LogP contribution in [0.15, 0.2) is 30.3 Å². The molecule has 5 heteroatoms. The largest absolute Gasteiger partial charge is 0.381 e. The van der Waals surface area contributed by atoms with E-state index >= 15 is 0 Å². The van der Waals surface area contributed by atoms with Crippen molar-refractivity contribution in [3.05, 3.63) is 62.9 Å². The van der Waals surface area contributed by atoms with Crippen LogP contribution < -0.4 is 5.32 Å². The molecule has 102 valence electrons. The molecule has 0 radical (unpaired) electrons. The van der Waals surface area contributed by atoms with Crippen molar-refractivity contribution in [3.63, 3.8) is 0 Å². The molecule has 0 bridgehead atoms. The van der Waals surface area contributed by atoms with Crippen molar-refractivity contribution in [2.24, 2.45) is 0 Å². The van der Waals surface area contributed by atoms with Crippen LogP contribution in [0.2, 0.25) is 10.0 Å². The number of hydrogen-bond donors (Lipinski definition) is 1. The molecule has 2 aromatic rings. The number of nitriles is 1. The molecule has 0 unspecified atom stereocenters. The van der Waals surface area contributed by atoms with Crippen LogP contribution in [0.1, 0.15) is 16.7 Å². The second-order valence-electron chi connectivity index (χ2n) is 4.36. The lowest BCUT2D eigenvalue weighted by atomic mass is 10.1. The molecular formula is C15H11Cl2FN2. The number of rotatable bonds is 3. The lowest BCUT2D eigenvalue weighted by Crippen LogP contribution is -2.02. The van der Waals surface area contributed by atoms with Gasteiger partial charge in [0, 0.05) is 12.2 Å². The quantitative estimate of drug-likeness (QED) is 0.816. The Balaban J connectivity index is 2.15. The van der Waals surface area contributed by atoms with Crippen molar-refractivity contribution >= 4 is 28.9 Å². The maximum Gasteiger partial charge on any atom is 0.160 e. The van der Waals surface area contributed by atoms with E-state index in [9.17, 15) is 4.39 Å². The van der Waals surface area contributed by atoms with Gasteiger partial charge in [-0.2, -0.15) is 5.26 Å². The van der Waals surface area contributed by atoms with Gasteiger partial charge < -0.3 is 5.32 Å². The predicted molar refractivity (Wildman–Crippen MR) is 79.6 cm³/mol. The zero-order chi connectivity index (χ0) is 14.7. The third-order valence-corrected chi connectivity index (χ3v) is 3.49. The summed E-state index contributed by atoms with van der Waals surface area (Å²) in [6, 6.07) is 10.5. The van der Waals surface area contributed by atoms with E-state index in [4.69, 9.17) is 28.5 Å². The number of hydrogen-bond acceptors (Lipinski definition) is 2. The number of benzene rings is 2. The molecule has 0 saturated heterocycles. The standard InChI is InChI=1S/C15H11Cl2FN2/c1-9-4-10(7-19)2-3-11(9)8-20-12-5-13(16)15(18)14(17)6-12/h2-6,20H,8H2,1H3. The predicted octanol–water partition coefficient (Wildman–Crippen LogP) is 4.92. The molecule has 2 rings (SSSR count). The van der Waals surface area contributed by atoms with Gasteiger partial charge in [-0.05, 0) is 42.3 Å². The number of nitrogens with zero attached hydrogens (tertiary/aromatic N) is 1. The molecule has 0 aliphatic carbocycles. The highest BCUT2D eigenvalue weighted by atomic mass is 35.5. The number of anilines is 1. The van der Waals surface area contributed by atoms with Crippen molar-refractivity contribution in [1.82, 2.24) is 0 Å². The second kappa shape index (κ2) is 6.13. The van der Waals surface area contributed by atoms with Gasteiger partial charge in [0.25, 0.3) is 0 Å². The first-order valence-corrected chi connectivity index (χ1v) is 6.65. The third kappa shape index (κ3) is 3.22. The minimum Gasteiger partial charge on any atom is -0.381 e. The zero-order valence-corrected chi connectivity index (χ0v) is 12.2. The molecule has 0 fully saturated rings. The molecule has 0 heterocycles. The second-order valence-corrected chi connectivity index (χ2v) is 5.17. The minimum absolute atomic E-state index is 0.0171. The summed E-state index contributed by atoms with van der Waals surface area (Å²) in [6.07, 6.45) is 0. The van der Waals surface area contributed by atoms with Crippen LogP contribution in [0.3, 0.4) is 0 Å². The van der Waals surface area contributed by atoms with E-state index < -0.39 is 5.82 Å². The molecule has 0 saturated carbocycles. The smallest absolute Gasteiger partial charge is 0.160 e. The van der Waals surface area contributed by atoms with Gasteiger partial charge in [0.1, 0.15) is 0 Å². The van der Waals surface area contributed by atoms with Crippen molar-refractivity contribution in [2.75, 3.05) is 5.32 Å². The van der Waals surface area contributed by atoms with E-state index in [0.29, 0.717) is 17.8 Å². The Morgan fingerprint density at radius 3 is 2.40 bits per heavy atom. The highest BCUT2D eigenvalue weighted by Gasteiger charge is 2.08. The Bertz CT molecular complexity index is 670. The Labute approximate surface area is 126 Å². The average Bonchev–Trinajstić information content (AvgIpc) is 2.43. The van der Waals surface area contributed by atoms with E-state index in [-0.39, 0.29) is 10.0 Å². The van der Waals surface area contributed by atoms with Crippen LogP contribution in [0.4, 0.5) is 10.1 Å². The maximum atomic E-state index is 13.3. The highest BCUT2D eigenvalue weighted by molar-refractivity contribution is 6.35. The van der Waals surface area contributed by atoms with Gasteiger partial charge in [0.05, 0.1) is 21.7 Å². The van der Waals surface area contributed by atoms with E-state index in [0.717, 1.165) is 11.1 Å². The fraction of sp³-hybridized carbons (Fsp3) is 0.133. The van der Waals surface area contributed by atoms with E-state index in [2.05, 4.69) is 11.4 Å². The first-order valence-electron chi connectivity index (χ1n) is 5.89. The summed E-state index contributed by atoms with van der Waals surface area (Å²) in [5, 5.41) is 11.9. The van der Waals surface area contributed by atoms with Crippen molar-refractivity contribution in [3.8, 4) is 6.07 Å². The van der Waals surface area contributed by atoms with Gasteiger partial charge in [-0.15, -0.1) is 0 Å². The number of halogens is 3. The summed E-state index contributed by atoms with van der Waals surface area (Å²) < 4.78 is 13.3. The van der Waals surface area contributed by atoms with Crippen LogP contribution in [0, 0.1) is 24.1 Å². The Morgan fingerprint density at radius 2 is 1.85 bits per heavy atom. The molecular weight excluding hydrogens is 298 g/mol. The van der Waals surface area contributed by atoms with Crippen molar-refractivity contribution in [1.29, 1.82) is 5.26 Å². The Kier molecular flexibility index (Phi) is 4.49. The third-order valence-electron chi connectivity index (χ3n) is 2.94. The number of aryl methyl sites for hydroxylation is 1. The summed E-state index contributed by atoms with van der Waals surface area (Å²) >= 11 is 11.5. The van der Waals surface area contributed by atoms with Crippen LogP contribution in [-0.4, -0.2) is 0 Å². The number of nitrogens with one attached hydrogen (secondary N) is 1. The first kappa shape index (κ1) is 14.6. The Hall–Kier alpha value is -1.76. The molecule has 0 spiro atoms. The highest BCUT2D eigenvalue weighted by Crippen LogP contribution is 2.27. The zero-order valence-electron chi connectivity index (χ0n) is 10.7. The van der Waals surface area contributed by atoms with Gasteiger partial charge in [0.2, 0.25) is 0 Å². The van der Waals surface area contributed by atoms with Crippen LogP contribution in [-0.2, 0) is 6.54 Å². The SMILES string of the molecule is Cc1cc(C#N)ccc1CNc1cc(Cl)c(F)c(Cl)c1. The molecule has 1 N–H and O–H groups in total. The molecule has 20 heavy (non-hydrogen) atoms. The molecule has 0 aromatic heterocycles. The van der Waals surface area contributed by atoms with Gasteiger partial charge in [-0.1, -0.05) is 29.3 Å². The van der Waals surface area contributed by atoms with Crippen molar-refractivity contribution < 1.29 is 4.39 Å². The Morgan fingerprint density at radius 1 is 1.20 bits per heavy atom. The van der Waals surface area contributed by atoms with Gasteiger partial charge in [0.15, 0.2) is 5.82 Å². The summed E-state index contributed by atoms with van der Waals surface area (Å²) in [7, 11) is 0. The van der Waals surface area contributed by atoms with Crippen molar-refractivity contribution in [2.45, 2.75) is 13.5 Å². The average molecular weight is 309 g/mol. The first-order chi connectivity index (χ1) is 9.51. The van der Waals surface area contributed by atoms with Crippen LogP contribution in [0.25, 0.3) is 0 Å². The molecule has 0 aliphatic rings. The van der Waals surface area contributed by atoms with Gasteiger partial charge >= 0.3 is 0 Å². The summed E-state index contributed by atoms with van der Waals surface area (Å²) in [4.78, 5) is 0. The van der Waals surface area contributed by atoms with Crippen LogP contribution >= 0.6 is 23.2 Å². The van der Waals surface area contributed by atoms with Gasteiger partial charge in [-0.3, -0.25) is 0 Å². The lowest BCUT2D eigenvalue weighted by Gasteiger charge is -2.10. The fourth-order valence-corrected chi connectivity index (χ4v) is 2.31. The summed E-state index contributed by atoms with van der Waals surface area (Å²) in [6.45, 7) is 2.47. The molecule has 0 aliphatic heterocycles. The minimum atomic E-state index is -0.617. The fourth-order valence-electron chi connectivity index (χ4n) is 1.82.